The third kappa shape index (κ3) is 2.48. The first kappa shape index (κ1) is 10.9. The number of hydrogen-bond donors (Lipinski definition) is 0. The largest absolute Gasteiger partial charge is 0.252 e. The van der Waals surface area contributed by atoms with E-state index in [2.05, 4.69) is 25.9 Å². The molecule has 5 heteroatoms. The summed E-state index contributed by atoms with van der Waals surface area (Å²) in [6, 6.07) is 5.28. The van der Waals surface area contributed by atoms with Crippen molar-refractivity contribution in [3.05, 3.63) is 45.2 Å². The van der Waals surface area contributed by atoms with Crippen LogP contribution in [0.2, 0.25) is 10.0 Å². The average molecular weight is 304 g/mol. The zero-order valence-corrected chi connectivity index (χ0v) is 10.5. The van der Waals surface area contributed by atoms with Crippen LogP contribution >= 0.6 is 39.1 Å². The van der Waals surface area contributed by atoms with Crippen molar-refractivity contribution in [1.82, 2.24) is 9.97 Å². The Kier molecular flexibility index (Phi) is 3.24. The quantitative estimate of drug-likeness (QED) is 0.788. The highest BCUT2D eigenvalue weighted by molar-refractivity contribution is 9.10. The van der Waals surface area contributed by atoms with Crippen LogP contribution in [-0.2, 0) is 0 Å². The number of halogens is 3. The first-order valence-electron chi connectivity index (χ1n) is 4.10. The molecule has 2 nitrogen and oxygen atoms in total. The lowest BCUT2D eigenvalue weighted by atomic mass is 10.2. The van der Waals surface area contributed by atoms with E-state index in [-0.39, 0.29) is 0 Å². The van der Waals surface area contributed by atoms with Gasteiger partial charge < -0.3 is 0 Å². The van der Waals surface area contributed by atoms with Crippen LogP contribution in [0.1, 0.15) is 0 Å². The first-order valence-corrected chi connectivity index (χ1v) is 5.64. The molecule has 76 valence electrons. The molecule has 1 heterocycles. The van der Waals surface area contributed by atoms with Crippen molar-refractivity contribution in [2.75, 3.05) is 0 Å². The van der Waals surface area contributed by atoms with E-state index >= 15 is 0 Å². The summed E-state index contributed by atoms with van der Waals surface area (Å²) in [5, 5.41) is 1.17. The van der Waals surface area contributed by atoms with Crippen molar-refractivity contribution >= 4 is 39.1 Å². The van der Waals surface area contributed by atoms with Gasteiger partial charge in [-0.15, -0.1) is 0 Å². The Morgan fingerprint density at radius 2 is 1.87 bits per heavy atom. The monoisotopic (exact) mass is 302 g/mol. The zero-order chi connectivity index (χ0) is 10.8. The molecule has 1 aromatic carbocycles. The minimum Gasteiger partial charge on any atom is -0.252 e. The summed E-state index contributed by atoms with van der Waals surface area (Å²) in [6.07, 6.45) is 3.28. The predicted molar refractivity (Wildman–Crippen MR) is 65.2 cm³/mol. The Balaban J connectivity index is 2.49. The van der Waals surface area contributed by atoms with Gasteiger partial charge in [-0.2, -0.15) is 0 Å². The fraction of sp³-hybridized carbons (Fsp3) is 0. The molecule has 0 saturated carbocycles. The Bertz CT molecular complexity index is 485. The van der Waals surface area contributed by atoms with E-state index in [1.54, 1.807) is 24.5 Å². The minimum absolute atomic E-state index is 0.569. The van der Waals surface area contributed by atoms with Crippen LogP contribution in [0.3, 0.4) is 0 Å². The van der Waals surface area contributed by atoms with E-state index in [9.17, 15) is 0 Å². The van der Waals surface area contributed by atoms with Crippen LogP contribution in [0, 0.1) is 0 Å². The van der Waals surface area contributed by atoms with Gasteiger partial charge in [-0.05, 0) is 34.1 Å². The molecule has 0 fully saturated rings. The Hall–Kier alpha value is -0.640. The molecule has 0 radical (unpaired) electrons. The Morgan fingerprint density at radius 1 is 1.07 bits per heavy atom. The van der Waals surface area contributed by atoms with Gasteiger partial charge in [0.05, 0.1) is 23.1 Å². The van der Waals surface area contributed by atoms with Gasteiger partial charge in [0.25, 0.3) is 0 Å². The SMILES string of the molecule is Clc1ccc(-c2cnc(Br)cn2)c(Cl)c1. The van der Waals surface area contributed by atoms with Gasteiger partial charge in [-0.3, -0.25) is 4.98 Å². The number of hydrogen-bond acceptors (Lipinski definition) is 2. The summed E-state index contributed by atoms with van der Waals surface area (Å²) in [7, 11) is 0. The molecule has 0 aliphatic rings. The van der Waals surface area contributed by atoms with E-state index in [1.165, 1.54) is 0 Å². The first-order chi connectivity index (χ1) is 7.16. The van der Waals surface area contributed by atoms with E-state index < -0.39 is 0 Å². The van der Waals surface area contributed by atoms with Crippen LogP contribution < -0.4 is 0 Å². The van der Waals surface area contributed by atoms with Crippen LogP contribution in [0.5, 0.6) is 0 Å². The van der Waals surface area contributed by atoms with Crippen molar-refractivity contribution in [1.29, 1.82) is 0 Å². The third-order valence-electron chi connectivity index (χ3n) is 1.83. The van der Waals surface area contributed by atoms with Gasteiger partial charge in [0, 0.05) is 10.6 Å². The molecule has 0 spiro atoms. The highest BCUT2D eigenvalue weighted by Gasteiger charge is 2.05. The molecule has 0 aliphatic carbocycles. The molecule has 0 amide bonds. The van der Waals surface area contributed by atoms with E-state index in [0.717, 1.165) is 11.3 Å². The summed E-state index contributed by atoms with van der Waals surface area (Å²) in [6.45, 7) is 0. The maximum atomic E-state index is 6.04. The van der Waals surface area contributed by atoms with Crippen molar-refractivity contribution in [2.24, 2.45) is 0 Å². The maximum absolute atomic E-state index is 6.04. The summed E-state index contributed by atoms with van der Waals surface area (Å²) < 4.78 is 0.691. The second kappa shape index (κ2) is 4.47. The van der Waals surface area contributed by atoms with Gasteiger partial charge in [-0.1, -0.05) is 23.2 Å². The standard InChI is InChI=1S/C10H5BrCl2N2/c11-10-5-14-9(4-15-10)7-2-1-6(12)3-8(7)13/h1-5H. The molecule has 15 heavy (non-hydrogen) atoms. The molecule has 0 bridgehead atoms. The second-order valence-corrected chi connectivity index (χ2v) is 4.50. The fourth-order valence-corrected chi connectivity index (χ4v) is 1.86. The number of aromatic nitrogens is 2. The molecule has 0 unspecified atom stereocenters. The Morgan fingerprint density at radius 3 is 2.47 bits per heavy atom. The fourth-order valence-electron chi connectivity index (χ4n) is 1.15. The average Bonchev–Trinajstić information content (AvgIpc) is 2.20. The predicted octanol–water partition coefficient (Wildman–Crippen LogP) is 4.21. The minimum atomic E-state index is 0.569. The summed E-state index contributed by atoms with van der Waals surface area (Å²) in [4.78, 5) is 8.28. The zero-order valence-electron chi connectivity index (χ0n) is 7.42. The molecule has 2 rings (SSSR count). The van der Waals surface area contributed by atoms with E-state index in [4.69, 9.17) is 23.2 Å². The maximum Gasteiger partial charge on any atom is 0.124 e. The van der Waals surface area contributed by atoms with Gasteiger partial charge in [-0.25, -0.2) is 4.98 Å². The van der Waals surface area contributed by atoms with Crippen molar-refractivity contribution in [2.45, 2.75) is 0 Å². The highest BCUT2D eigenvalue weighted by Crippen LogP contribution is 2.28. The van der Waals surface area contributed by atoms with Crippen molar-refractivity contribution < 1.29 is 0 Å². The molecule has 0 atom stereocenters. The van der Waals surface area contributed by atoms with Gasteiger partial charge in [0.2, 0.25) is 0 Å². The molecule has 0 saturated heterocycles. The molecular weight excluding hydrogens is 299 g/mol. The molecule has 1 aromatic heterocycles. The summed E-state index contributed by atoms with van der Waals surface area (Å²) >= 11 is 15.1. The van der Waals surface area contributed by atoms with Crippen LogP contribution in [0.4, 0.5) is 0 Å². The number of rotatable bonds is 1. The van der Waals surface area contributed by atoms with E-state index in [1.807, 2.05) is 6.07 Å². The molecule has 0 aliphatic heterocycles. The second-order valence-electron chi connectivity index (χ2n) is 2.85. The summed E-state index contributed by atoms with van der Waals surface area (Å²) in [5.74, 6) is 0. The normalized spacial score (nSPS) is 10.3. The van der Waals surface area contributed by atoms with Crippen LogP contribution in [0.15, 0.2) is 35.2 Å². The lowest BCUT2D eigenvalue weighted by molar-refractivity contribution is 1.17. The van der Waals surface area contributed by atoms with Crippen LogP contribution in [-0.4, -0.2) is 9.97 Å². The number of nitrogens with zero attached hydrogens (tertiary/aromatic N) is 2. The molecule has 0 N–H and O–H groups in total. The summed E-state index contributed by atoms with van der Waals surface area (Å²) in [5.41, 5.74) is 1.54. The van der Waals surface area contributed by atoms with Gasteiger partial charge in [0.1, 0.15) is 4.60 Å². The smallest absolute Gasteiger partial charge is 0.124 e. The van der Waals surface area contributed by atoms with Crippen LogP contribution in [0.25, 0.3) is 11.3 Å². The molecule has 2 aromatic rings. The van der Waals surface area contributed by atoms with Gasteiger partial charge in [0.15, 0.2) is 0 Å². The third-order valence-corrected chi connectivity index (χ3v) is 2.78. The number of benzene rings is 1. The topological polar surface area (TPSA) is 25.8 Å². The Labute approximate surface area is 105 Å². The molecular formula is C10H5BrCl2N2. The van der Waals surface area contributed by atoms with Crippen molar-refractivity contribution in [3.63, 3.8) is 0 Å². The van der Waals surface area contributed by atoms with Gasteiger partial charge >= 0.3 is 0 Å². The highest BCUT2D eigenvalue weighted by atomic mass is 79.9. The lowest BCUT2D eigenvalue weighted by Crippen LogP contribution is -1.86. The van der Waals surface area contributed by atoms with Crippen molar-refractivity contribution in [3.8, 4) is 11.3 Å². The lowest BCUT2D eigenvalue weighted by Gasteiger charge is -2.03. The van der Waals surface area contributed by atoms with E-state index in [0.29, 0.717) is 14.6 Å².